The second-order valence-electron chi connectivity index (χ2n) is 6.05. The zero-order valence-corrected chi connectivity index (χ0v) is 13.5. The fraction of sp³-hybridized carbons (Fsp3) is 0.438. The lowest BCUT2D eigenvalue weighted by Crippen LogP contribution is -2.57. The van der Waals surface area contributed by atoms with Crippen LogP contribution in [0.4, 0.5) is 0 Å². The largest absolute Gasteiger partial charge is 0.419 e. The van der Waals surface area contributed by atoms with Crippen LogP contribution in [0.5, 0.6) is 0 Å². The second kappa shape index (κ2) is 6.33. The average molecular weight is 330 g/mol. The van der Waals surface area contributed by atoms with Gasteiger partial charge in [-0.05, 0) is 67.9 Å². The molecule has 5 rings (SSSR count). The van der Waals surface area contributed by atoms with Gasteiger partial charge in [-0.15, -0.1) is 10.2 Å². The van der Waals surface area contributed by atoms with E-state index >= 15 is 0 Å². The molecule has 3 saturated heterocycles. The van der Waals surface area contributed by atoms with Gasteiger partial charge in [-0.2, -0.15) is 0 Å². The van der Waals surface area contributed by atoms with Crippen LogP contribution in [0, 0.1) is 5.92 Å². The molecule has 2 bridgehead atoms. The van der Waals surface area contributed by atoms with Gasteiger partial charge in [-0.1, -0.05) is 0 Å². The summed E-state index contributed by atoms with van der Waals surface area (Å²) in [6, 6.07) is 7.78. The molecule has 0 aliphatic carbocycles. The second-order valence-corrected chi connectivity index (χ2v) is 7.07. The van der Waals surface area contributed by atoms with Gasteiger partial charge in [0.05, 0.1) is 0 Å². The van der Waals surface area contributed by atoms with Gasteiger partial charge in [0.1, 0.15) is 0 Å². The highest BCUT2D eigenvalue weighted by molar-refractivity contribution is 7.99. The van der Waals surface area contributed by atoms with Crippen molar-refractivity contribution in [2.45, 2.75) is 29.0 Å². The molecule has 3 fully saturated rings. The Kier molecular flexibility index (Phi) is 4.05. The molecule has 3 aliphatic heterocycles. The predicted molar refractivity (Wildman–Crippen MR) is 85.3 cm³/mol. The van der Waals surface area contributed by atoms with Gasteiger partial charge in [0, 0.05) is 23.0 Å². The molecular formula is C16H18N4O2S. The van der Waals surface area contributed by atoms with E-state index in [9.17, 15) is 4.79 Å². The van der Waals surface area contributed by atoms with Crippen LogP contribution < -0.4 is 5.32 Å². The highest BCUT2D eigenvalue weighted by Gasteiger charge is 2.34. The topological polar surface area (TPSA) is 71.3 Å². The summed E-state index contributed by atoms with van der Waals surface area (Å²) in [5, 5.41) is 11.2. The van der Waals surface area contributed by atoms with E-state index in [2.05, 4.69) is 20.4 Å². The van der Waals surface area contributed by atoms with Crippen molar-refractivity contribution in [2.24, 2.45) is 5.92 Å². The summed E-state index contributed by atoms with van der Waals surface area (Å²) < 4.78 is 5.10. The zero-order valence-electron chi connectivity index (χ0n) is 12.6. The highest BCUT2D eigenvalue weighted by atomic mass is 32.2. The molecule has 120 valence electrons. The first-order valence-electron chi connectivity index (χ1n) is 7.85. The molecule has 0 saturated carbocycles. The van der Waals surface area contributed by atoms with Crippen molar-refractivity contribution in [3.05, 3.63) is 36.2 Å². The molecule has 1 N–H and O–H groups in total. The summed E-state index contributed by atoms with van der Waals surface area (Å²) in [7, 11) is 0. The van der Waals surface area contributed by atoms with Crippen LogP contribution in [0.3, 0.4) is 0 Å². The quantitative estimate of drug-likeness (QED) is 0.925. The van der Waals surface area contributed by atoms with Gasteiger partial charge in [0.15, 0.2) is 0 Å². The molecule has 3 aliphatic rings. The lowest BCUT2D eigenvalue weighted by Gasteiger charge is -2.44. The number of nitrogens with zero attached hydrogens (tertiary/aromatic N) is 3. The van der Waals surface area contributed by atoms with Crippen molar-refractivity contribution in [3.8, 4) is 0 Å². The van der Waals surface area contributed by atoms with Crippen molar-refractivity contribution >= 4 is 17.7 Å². The molecule has 7 heteroatoms. The van der Waals surface area contributed by atoms with Gasteiger partial charge >= 0.3 is 0 Å². The van der Waals surface area contributed by atoms with Crippen LogP contribution in [-0.2, 0) is 0 Å². The van der Waals surface area contributed by atoms with Crippen molar-refractivity contribution in [1.82, 2.24) is 20.4 Å². The van der Waals surface area contributed by atoms with E-state index < -0.39 is 0 Å². The monoisotopic (exact) mass is 330 g/mol. The molecule has 1 atom stereocenters. The number of amides is 1. The van der Waals surface area contributed by atoms with Crippen molar-refractivity contribution < 1.29 is 9.21 Å². The predicted octanol–water partition coefficient (Wildman–Crippen LogP) is 2.04. The normalized spacial score (nSPS) is 26.2. The Bertz CT molecular complexity index is 666. The maximum absolute atomic E-state index is 12.4. The average Bonchev–Trinajstić information content (AvgIpc) is 3.09. The van der Waals surface area contributed by atoms with E-state index in [1.165, 1.54) is 44.1 Å². The molecule has 2 aromatic rings. The van der Waals surface area contributed by atoms with E-state index in [1.54, 1.807) is 0 Å². The minimum absolute atomic E-state index is 0.0121. The first-order chi connectivity index (χ1) is 11.3. The standard InChI is InChI=1S/C16H18N4O2S/c21-15(18-14-9-20-7-5-11(14)6-8-20)12-1-3-13(4-2-12)23-16-19-17-10-22-16/h1-4,10-11,14H,5-9H2,(H,18,21)/t14-/m0/s1. The number of piperidine rings is 3. The van der Waals surface area contributed by atoms with Gasteiger partial charge in [-0.25, -0.2) is 0 Å². The Hall–Kier alpha value is -1.86. The third kappa shape index (κ3) is 3.25. The van der Waals surface area contributed by atoms with Crippen LogP contribution in [0.2, 0.25) is 0 Å². The maximum atomic E-state index is 12.4. The summed E-state index contributed by atoms with van der Waals surface area (Å²) in [5.74, 6) is 0.648. The van der Waals surface area contributed by atoms with Crippen LogP contribution in [0.15, 0.2) is 45.2 Å². The Labute approximate surface area is 138 Å². The highest BCUT2D eigenvalue weighted by Crippen LogP contribution is 2.28. The Morgan fingerprint density at radius 2 is 2.04 bits per heavy atom. The van der Waals surface area contributed by atoms with Crippen LogP contribution in [0.25, 0.3) is 0 Å². The molecule has 1 aromatic carbocycles. The summed E-state index contributed by atoms with van der Waals surface area (Å²) in [6.45, 7) is 3.35. The van der Waals surface area contributed by atoms with Crippen LogP contribution >= 0.6 is 11.8 Å². The number of fused-ring (bicyclic) bond motifs is 3. The maximum Gasteiger partial charge on any atom is 0.281 e. The number of rotatable bonds is 4. The number of benzene rings is 1. The van der Waals surface area contributed by atoms with Crippen LogP contribution in [-0.4, -0.2) is 46.7 Å². The number of aromatic nitrogens is 2. The van der Waals surface area contributed by atoms with E-state index in [0.29, 0.717) is 16.7 Å². The van der Waals surface area contributed by atoms with E-state index in [-0.39, 0.29) is 11.9 Å². The van der Waals surface area contributed by atoms with Crippen molar-refractivity contribution in [2.75, 3.05) is 19.6 Å². The molecule has 6 nitrogen and oxygen atoms in total. The molecular weight excluding hydrogens is 312 g/mol. The lowest BCUT2D eigenvalue weighted by atomic mass is 9.84. The summed E-state index contributed by atoms with van der Waals surface area (Å²) >= 11 is 1.38. The van der Waals surface area contributed by atoms with Gasteiger partial charge in [0.2, 0.25) is 6.39 Å². The molecule has 23 heavy (non-hydrogen) atoms. The van der Waals surface area contributed by atoms with Crippen LogP contribution in [0.1, 0.15) is 23.2 Å². The van der Waals surface area contributed by atoms with E-state index in [1.807, 2.05) is 24.3 Å². The fourth-order valence-corrected chi connectivity index (χ4v) is 4.02. The first kappa shape index (κ1) is 14.7. The minimum Gasteiger partial charge on any atom is -0.419 e. The number of nitrogens with one attached hydrogen (secondary N) is 1. The molecule has 0 spiro atoms. The van der Waals surface area contributed by atoms with Gasteiger partial charge in [-0.3, -0.25) is 4.79 Å². The van der Waals surface area contributed by atoms with Gasteiger partial charge in [0.25, 0.3) is 11.1 Å². The summed E-state index contributed by atoms with van der Waals surface area (Å²) in [6.07, 6.45) is 3.70. The Morgan fingerprint density at radius 1 is 1.26 bits per heavy atom. The zero-order chi connectivity index (χ0) is 15.6. The van der Waals surface area contributed by atoms with Crippen molar-refractivity contribution in [1.29, 1.82) is 0 Å². The van der Waals surface area contributed by atoms with E-state index in [4.69, 9.17) is 4.42 Å². The molecule has 0 radical (unpaired) electrons. The molecule has 4 heterocycles. The summed E-state index contributed by atoms with van der Waals surface area (Å²) in [4.78, 5) is 15.8. The van der Waals surface area contributed by atoms with E-state index in [0.717, 1.165) is 11.4 Å². The minimum atomic E-state index is 0.0121. The smallest absolute Gasteiger partial charge is 0.281 e. The number of hydrogen-bond donors (Lipinski definition) is 1. The number of carbonyl (C=O) groups is 1. The number of carbonyl (C=O) groups excluding carboxylic acids is 1. The Balaban J connectivity index is 1.38. The molecule has 1 aromatic heterocycles. The first-order valence-corrected chi connectivity index (χ1v) is 8.67. The molecule has 0 unspecified atom stereocenters. The lowest BCUT2D eigenvalue weighted by molar-refractivity contribution is 0.0620. The Morgan fingerprint density at radius 3 is 2.65 bits per heavy atom. The fourth-order valence-electron chi connectivity index (χ4n) is 3.36. The number of hydrogen-bond acceptors (Lipinski definition) is 6. The van der Waals surface area contributed by atoms with Gasteiger partial charge < -0.3 is 14.6 Å². The SMILES string of the molecule is O=C(N[C@H]1CN2CCC1CC2)c1ccc(Sc2nnco2)cc1. The molecule has 1 amide bonds. The third-order valence-corrected chi connectivity index (χ3v) is 5.49. The third-order valence-electron chi connectivity index (χ3n) is 4.63. The summed E-state index contributed by atoms with van der Waals surface area (Å²) in [5.41, 5.74) is 0.691. The van der Waals surface area contributed by atoms with Crippen molar-refractivity contribution in [3.63, 3.8) is 0 Å².